The van der Waals surface area contributed by atoms with Crippen molar-refractivity contribution in [1.82, 2.24) is 14.9 Å². The van der Waals surface area contributed by atoms with Gasteiger partial charge < -0.3 is 19.7 Å². The summed E-state index contributed by atoms with van der Waals surface area (Å²) in [5.41, 5.74) is 6.86. The molecule has 5 rings (SSSR count). The number of pyridine rings is 1. The van der Waals surface area contributed by atoms with E-state index in [2.05, 4.69) is 91.6 Å². The summed E-state index contributed by atoms with van der Waals surface area (Å²) in [6, 6.07) is 15.1. The molecular formula is C30H38ClN5S. The summed E-state index contributed by atoms with van der Waals surface area (Å²) in [4.78, 5) is 9.39. The molecule has 2 saturated heterocycles. The predicted octanol–water partition coefficient (Wildman–Crippen LogP) is 7.39. The zero-order valence-electron chi connectivity index (χ0n) is 22.7. The number of nitrogens with zero attached hydrogens (tertiary/aromatic N) is 4. The van der Waals surface area contributed by atoms with Gasteiger partial charge in [0.25, 0.3) is 0 Å². The van der Waals surface area contributed by atoms with E-state index < -0.39 is 0 Å². The average Bonchev–Trinajstić information content (AvgIpc) is 3.33. The third-order valence-corrected chi connectivity index (χ3v) is 8.49. The lowest BCUT2D eigenvalue weighted by atomic mass is 9.91. The number of hydrogen-bond donors (Lipinski definition) is 1. The Morgan fingerprint density at radius 3 is 2.38 bits per heavy atom. The third-order valence-electron chi connectivity index (χ3n) is 7.88. The number of benzene rings is 1. The minimum atomic E-state index is -0.0722. The van der Waals surface area contributed by atoms with Crippen LogP contribution in [0.1, 0.15) is 74.9 Å². The molecule has 2 aliphatic rings. The molecule has 37 heavy (non-hydrogen) atoms. The molecule has 196 valence electrons. The Kier molecular flexibility index (Phi) is 7.25. The van der Waals surface area contributed by atoms with Crippen molar-refractivity contribution < 1.29 is 0 Å². The predicted molar refractivity (Wildman–Crippen MR) is 159 cm³/mol. The summed E-state index contributed by atoms with van der Waals surface area (Å²) in [5, 5.41) is 5.06. The lowest BCUT2D eigenvalue weighted by Gasteiger charge is -2.37. The normalized spacial score (nSPS) is 24.2. The zero-order chi connectivity index (χ0) is 26.4. The standard InChI is InChI=1S/C30H38ClN5S/c1-18(2)35-21(5)14-24(22(35)6)29-28(26-9-7-8-12-32-26)33-30(37)36(29)23-10-11-27(25(31)15-23)34-16-19(3)13-20(4)17-34/h7-12,14-15,18-20,28-29H,13,16-17H2,1-6H3,(H,33,37)/t19-,20-,28-,29+/m0/s1. The van der Waals surface area contributed by atoms with Gasteiger partial charge in [-0.25, -0.2) is 0 Å². The maximum absolute atomic E-state index is 6.99. The van der Waals surface area contributed by atoms with E-state index in [0.29, 0.717) is 23.0 Å². The monoisotopic (exact) mass is 535 g/mol. The van der Waals surface area contributed by atoms with Crippen LogP contribution in [0.3, 0.4) is 0 Å². The molecule has 4 atom stereocenters. The van der Waals surface area contributed by atoms with Crippen LogP contribution < -0.4 is 15.1 Å². The Hall–Kier alpha value is -2.57. The average molecular weight is 536 g/mol. The quantitative estimate of drug-likeness (QED) is 0.344. The zero-order valence-corrected chi connectivity index (χ0v) is 24.3. The molecule has 0 aliphatic carbocycles. The molecule has 7 heteroatoms. The molecule has 2 aliphatic heterocycles. The summed E-state index contributed by atoms with van der Waals surface area (Å²) in [6.07, 6.45) is 3.12. The fourth-order valence-corrected chi connectivity index (χ4v) is 7.25. The highest BCUT2D eigenvalue weighted by Gasteiger charge is 2.42. The van der Waals surface area contributed by atoms with Crippen LogP contribution in [0, 0.1) is 25.7 Å². The number of halogens is 1. The van der Waals surface area contributed by atoms with Crippen molar-refractivity contribution in [3.63, 3.8) is 0 Å². The Labute approximate surface area is 231 Å². The molecule has 3 aromatic rings. The molecule has 0 bridgehead atoms. The summed E-state index contributed by atoms with van der Waals surface area (Å²) < 4.78 is 2.40. The first-order valence-electron chi connectivity index (χ1n) is 13.4. The van der Waals surface area contributed by atoms with Gasteiger partial charge in [0.1, 0.15) is 0 Å². The fourth-order valence-electron chi connectivity index (χ4n) is 6.61. The first kappa shape index (κ1) is 26.1. The fraction of sp³-hybridized carbons (Fsp3) is 0.467. The van der Waals surface area contributed by atoms with Gasteiger partial charge in [-0.1, -0.05) is 31.5 Å². The highest BCUT2D eigenvalue weighted by Crippen LogP contribution is 2.45. The van der Waals surface area contributed by atoms with Crippen molar-refractivity contribution in [1.29, 1.82) is 0 Å². The molecule has 1 aromatic carbocycles. The van der Waals surface area contributed by atoms with Crippen LogP contribution in [-0.2, 0) is 0 Å². The molecule has 2 aromatic heterocycles. The van der Waals surface area contributed by atoms with Gasteiger partial charge in [-0.05, 0) is 100 Å². The van der Waals surface area contributed by atoms with Crippen molar-refractivity contribution in [3.8, 4) is 0 Å². The van der Waals surface area contributed by atoms with Gasteiger partial charge in [0.15, 0.2) is 5.11 Å². The minimum Gasteiger partial charge on any atom is -0.370 e. The van der Waals surface area contributed by atoms with Gasteiger partial charge in [0.2, 0.25) is 0 Å². The van der Waals surface area contributed by atoms with Crippen molar-refractivity contribution in [2.75, 3.05) is 22.9 Å². The smallest absolute Gasteiger partial charge is 0.174 e. The minimum absolute atomic E-state index is 0.0435. The number of rotatable bonds is 5. The highest BCUT2D eigenvalue weighted by atomic mass is 35.5. The van der Waals surface area contributed by atoms with E-state index in [4.69, 9.17) is 28.8 Å². The molecule has 0 spiro atoms. The van der Waals surface area contributed by atoms with Gasteiger partial charge >= 0.3 is 0 Å². The Morgan fingerprint density at radius 2 is 1.78 bits per heavy atom. The highest BCUT2D eigenvalue weighted by molar-refractivity contribution is 7.80. The number of nitrogens with one attached hydrogen (secondary N) is 1. The van der Waals surface area contributed by atoms with E-state index in [1.54, 1.807) is 0 Å². The van der Waals surface area contributed by atoms with E-state index in [0.717, 1.165) is 35.2 Å². The SMILES string of the molecule is Cc1cc([C@@H]2[C@H](c3ccccn3)NC(=S)N2c2ccc(N3C[C@@H](C)C[C@H](C)C3)c(Cl)c2)c(C)n1C(C)C. The molecule has 1 N–H and O–H groups in total. The lowest BCUT2D eigenvalue weighted by Crippen LogP contribution is -2.38. The first-order valence-corrected chi connectivity index (χ1v) is 14.2. The van der Waals surface area contributed by atoms with E-state index in [-0.39, 0.29) is 12.1 Å². The third kappa shape index (κ3) is 4.86. The van der Waals surface area contributed by atoms with Gasteiger partial charge in [0.05, 0.1) is 28.5 Å². The number of piperidine rings is 1. The van der Waals surface area contributed by atoms with Crippen molar-refractivity contribution in [2.24, 2.45) is 11.8 Å². The van der Waals surface area contributed by atoms with E-state index in [1.165, 1.54) is 23.4 Å². The first-order chi connectivity index (χ1) is 17.7. The second-order valence-corrected chi connectivity index (χ2v) is 12.1. The molecular weight excluding hydrogens is 498 g/mol. The van der Waals surface area contributed by atoms with Crippen LogP contribution >= 0.6 is 23.8 Å². The maximum Gasteiger partial charge on any atom is 0.174 e. The Bertz CT molecular complexity index is 1280. The van der Waals surface area contributed by atoms with Gasteiger partial charge in [-0.3, -0.25) is 4.98 Å². The number of anilines is 2. The number of aryl methyl sites for hydroxylation is 1. The van der Waals surface area contributed by atoms with E-state index in [9.17, 15) is 0 Å². The molecule has 5 nitrogen and oxygen atoms in total. The summed E-state index contributed by atoms with van der Waals surface area (Å²) in [5.74, 6) is 1.32. The van der Waals surface area contributed by atoms with Gasteiger partial charge in [-0.2, -0.15) is 0 Å². The second kappa shape index (κ2) is 10.3. The molecule has 0 amide bonds. The van der Waals surface area contributed by atoms with E-state index >= 15 is 0 Å². The summed E-state index contributed by atoms with van der Waals surface area (Å²) in [7, 11) is 0. The summed E-state index contributed by atoms with van der Waals surface area (Å²) >= 11 is 13.0. The molecule has 0 saturated carbocycles. The van der Waals surface area contributed by atoms with Crippen molar-refractivity contribution in [2.45, 2.75) is 66.1 Å². The van der Waals surface area contributed by atoms with Crippen molar-refractivity contribution in [3.05, 3.63) is 76.3 Å². The van der Waals surface area contributed by atoms with E-state index in [1.807, 2.05) is 18.3 Å². The maximum atomic E-state index is 6.99. The summed E-state index contributed by atoms with van der Waals surface area (Å²) in [6.45, 7) is 15.6. The number of thiocarbonyl (C=S) groups is 1. The van der Waals surface area contributed by atoms with Crippen LogP contribution in [-0.4, -0.2) is 27.8 Å². The molecule has 0 radical (unpaired) electrons. The topological polar surface area (TPSA) is 36.3 Å². The van der Waals surface area contributed by atoms with Crippen molar-refractivity contribution >= 4 is 40.3 Å². The number of aromatic nitrogens is 2. The lowest BCUT2D eigenvalue weighted by molar-refractivity contribution is 0.357. The molecule has 0 unspecified atom stereocenters. The molecule has 2 fully saturated rings. The molecule has 4 heterocycles. The largest absolute Gasteiger partial charge is 0.370 e. The Balaban J connectivity index is 1.58. The number of hydrogen-bond acceptors (Lipinski definition) is 3. The van der Waals surface area contributed by atoms with Crippen LogP contribution in [0.5, 0.6) is 0 Å². The van der Waals surface area contributed by atoms with Crippen LogP contribution in [0.2, 0.25) is 5.02 Å². The van der Waals surface area contributed by atoms with Crippen LogP contribution in [0.25, 0.3) is 0 Å². The van der Waals surface area contributed by atoms with Crippen LogP contribution in [0.4, 0.5) is 11.4 Å². The Morgan fingerprint density at radius 1 is 1.05 bits per heavy atom. The second-order valence-electron chi connectivity index (χ2n) is 11.3. The van der Waals surface area contributed by atoms with Gasteiger partial charge in [0, 0.05) is 42.4 Å². The van der Waals surface area contributed by atoms with Crippen LogP contribution in [0.15, 0.2) is 48.7 Å². The van der Waals surface area contributed by atoms with Gasteiger partial charge in [-0.15, -0.1) is 0 Å².